The third-order valence-corrected chi connectivity index (χ3v) is 5.53. The highest BCUT2D eigenvalue weighted by molar-refractivity contribution is 7.93. The zero-order chi connectivity index (χ0) is 18.4. The summed E-state index contributed by atoms with van der Waals surface area (Å²) in [5, 5.41) is 11.0. The topological polar surface area (TPSA) is 89.8 Å². The van der Waals surface area contributed by atoms with E-state index in [1.54, 1.807) is 30.3 Å². The Morgan fingerprint density at radius 2 is 1.84 bits per heavy atom. The summed E-state index contributed by atoms with van der Waals surface area (Å²) in [6, 6.07) is 12.2. The number of para-hydroxylation sites is 1. The molecule has 8 heteroatoms. The van der Waals surface area contributed by atoms with Crippen LogP contribution in [0.4, 0.5) is 11.4 Å². The number of methoxy groups -OCH3 is 1. The Balaban J connectivity index is 2.60. The number of hydrogen-bond acceptors (Lipinski definition) is 5. The third kappa shape index (κ3) is 4.08. The van der Waals surface area contributed by atoms with E-state index in [0.717, 1.165) is 12.5 Å². The molecule has 7 nitrogen and oxygen atoms in total. The van der Waals surface area contributed by atoms with Crippen molar-refractivity contribution in [3.05, 3.63) is 58.6 Å². The summed E-state index contributed by atoms with van der Waals surface area (Å²) in [5.41, 5.74) is 0.201. The highest BCUT2D eigenvalue weighted by atomic mass is 32.2. The third-order valence-electron chi connectivity index (χ3n) is 3.69. The molecule has 0 saturated carbocycles. The number of unbranched alkanes of at least 4 members (excludes halogenated alkanes) is 1. The molecule has 0 aliphatic carbocycles. The van der Waals surface area contributed by atoms with Gasteiger partial charge in [-0.25, -0.2) is 8.42 Å². The summed E-state index contributed by atoms with van der Waals surface area (Å²) in [7, 11) is -2.69. The van der Waals surface area contributed by atoms with E-state index in [2.05, 4.69) is 0 Å². The van der Waals surface area contributed by atoms with Gasteiger partial charge in [0.15, 0.2) is 0 Å². The van der Waals surface area contributed by atoms with Gasteiger partial charge in [-0.1, -0.05) is 31.5 Å². The summed E-state index contributed by atoms with van der Waals surface area (Å²) < 4.78 is 32.8. The largest absolute Gasteiger partial charge is 0.495 e. The molecular weight excluding hydrogens is 344 g/mol. The van der Waals surface area contributed by atoms with E-state index >= 15 is 0 Å². The highest BCUT2D eigenvalue weighted by Gasteiger charge is 2.29. The molecule has 134 valence electrons. The average molecular weight is 364 g/mol. The van der Waals surface area contributed by atoms with Gasteiger partial charge < -0.3 is 4.74 Å². The minimum absolute atomic E-state index is 0.0722. The average Bonchev–Trinajstić information content (AvgIpc) is 2.62. The summed E-state index contributed by atoms with van der Waals surface area (Å²) in [5.74, 6) is 0.0722. The summed E-state index contributed by atoms with van der Waals surface area (Å²) >= 11 is 0. The highest BCUT2D eigenvalue weighted by Crippen LogP contribution is 2.33. The van der Waals surface area contributed by atoms with Crippen molar-refractivity contribution in [3.63, 3.8) is 0 Å². The van der Waals surface area contributed by atoms with Crippen molar-refractivity contribution in [2.24, 2.45) is 0 Å². The molecule has 0 aliphatic rings. The predicted molar refractivity (Wildman–Crippen MR) is 95.5 cm³/mol. The number of ether oxygens (including phenoxy) is 1. The van der Waals surface area contributed by atoms with Gasteiger partial charge in [0.25, 0.3) is 15.7 Å². The molecular formula is C17H20N2O5S. The monoisotopic (exact) mass is 364 g/mol. The van der Waals surface area contributed by atoms with Crippen LogP contribution in [-0.2, 0) is 10.0 Å². The van der Waals surface area contributed by atoms with Gasteiger partial charge in [0.05, 0.1) is 17.7 Å². The van der Waals surface area contributed by atoms with Crippen molar-refractivity contribution in [2.75, 3.05) is 18.0 Å². The second kappa shape index (κ2) is 7.98. The number of sulfonamides is 1. The number of rotatable bonds is 8. The van der Waals surface area contributed by atoms with E-state index < -0.39 is 14.9 Å². The van der Waals surface area contributed by atoms with Gasteiger partial charge in [0.2, 0.25) is 0 Å². The molecule has 0 atom stereocenters. The number of anilines is 1. The zero-order valence-corrected chi connectivity index (χ0v) is 14.9. The van der Waals surface area contributed by atoms with Gasteiger partial charge in [0, 0.05) is 18.7 Å². The fraction of sp³-hybridized carbons (Fsp3) is 0.294. The van der Waals surface area contributed by atoms with Crippen molar-refractivity contribution in [3.8, 4) is 5.75 Å². The van der Waals surface area contributed by atoms with Crippen molar-refractivity contribution in [1.29, 1.82) is 0 Å². The van der Waals surface area contributed by atoms with Crippen LogP contribution in [0.2, 0.25) is 0 Å². The smallest absolute Gasteiger partial charge is 0.271 e. The Morgan fingerprint density at radius 1 is 1.16 bits per heavy atom. The molecule has 2 aromatic carbocycles. The molecule has 0 radical (unpaired) electrons. The summed E-state index contributed by atoms with van der Waals surface area (Å²) in [4.78, 5) is 10.2. The Hall–Kier alpha value is -2.61. The lowest BCUT2D eigenvalue weighted by Gasteiger charge is -2.25. The minimum atomic E-state index is -4.02. The van der Waals surface area contributed by atoms with E-state index in [0.29, 0.717) is 12.1 Å². The lowest BCUT2D eigenvalue weighted by Crippen LogP contribution is -2.32. The first-order valence-electron chi connectivity index (χ1n) is 7.82. The summed E-state index contributed by atoms with van der Waals surface area (Å²) in [6.07, 6.45) is 1.47. The molecule has 0 amide bonds. The maximum absolute atomic E-state index is 13.2. The van der Waals surface area contributed by atoms with E-state index in [-0.39, 0.29) is 22.9 Å². The van der Waals surface area contributed by atoms with Crippen LogP contribution in [0, 0.1) is 10.1 Å². The van der Waals surface area contributed by atoms with Crippen molar-refractivity contribution >= 4 is 21.4 Å². The van der Waals surface area contributed by atoms with E-state index in [4.69, 9.17) is 4.74 Å². The molecule has 0 heterocycles. The molecule has 0 aromatic heterocycles. The normalized spacial score (nSPS) is 11.1. The number of nitro groups is 1. The number of hydrogen-bond donors (Lipinski definition) is 0. The number of nitro benzene ring substituents is 1. The number of benzene rings is 2. The van der Waals surface area contributed by atoms with Crippen LogP contribution in [0.5, 0.6) is 5.75 Å². The van der Waals surface area contributed by atoms with Crippen LogP contribution in [0.25, 0.3) is 0 Å². The van der Waals surface area contributed by atoms with Gasteiger partial charge in [0.1, 0.15) is 10.6 Å². The Labute approximate surface area is 147 Å². The Kier molecular flexibility index (Phi) is 5.97. The first-order chi connectivity index (χ1) is 11.9. The van der Waals surface area contributed by atoms with Crippen molar-refractivity contribution in [2.45, 2.75) is 24.7 Å². The van der Waals surface area contributed by atoms with Crippen LogP contribution >= 0.6 is 0 Å². The maximum atomic E-state index is 13.2. The maximum Gasteiger partial charge on any atom is 0.271 e. The molecule has 0 aliphatic heterocycles. The second-order valence-electron chi connectivity index (χ2n) is 5.36. The lowest BCUT2D eigenvalue weighted by molar-refractivity contribution is -0.385. The van der Waals surface area contributed by atoms with Gasteiger partial charge in [-0.3, -0.25) is 14.4 Å². The Bertz CT molecular complexity index is 837. The van der Waals surface area contributed by atoms with Crippen LogP contribution in [-0.4, -0.2) is 27.0 Å². The standard InChI is InChI=1S/C17H20N2O5S/c1-3-4-12-18(14-8-6-5-7-9-14)25(22,23)17-13-15(19(20)21)10-11-16(17)24-2/h5-11,13H,3-4,12H2,1-2H3. The molecule has 25 heavy (non-hydrogen) atoms. The fourth-order valence-electron chi connectivity index (χ4n) is 2.38. The van der Waals surface area contributed by atoms with E-state index in [9.17, 15) is 18.5 Å². The molecule has 0 bridgehead atoms. The van der Waals surface area contributed by atoms with Gasteiger partial charge in [-0.15, -0.1) is 0 Å². The van der Waals surface area contributed by atoms with Gasteiger partial charge >= 0.3 is 0 Å². The summed E-state index contributed by atoms with van der Waals surface area (Å²) in [6.45, 7) is 2.23. The minimum Gasteiger partial charge on any atom is -0.495 e. The van der Waals surface area contributed by atoms with E-state index in [1.165, 1.54) is 23.5 Å². The first-order valence-corrected chi connectivity index (χ1v) is 9.26. The molecule has 0 N–H and O–H groups in total. The van der Waals surface area contributed by atoms with Crippen LogP contribution < -0.4 is 9.04 Å². The molecule has 2 aromatic rings. The van der Waals surface area contributed by atoms with Crippen LogP contribution in [0.3, 0.4) is 0 Å². The van der Waals surface area contributed by atoms with Gasteiger partial charge in [-0.2, -0.15) is 0 Å². The van der Waals surface area contributed by atoms with Crippen LogP contribution in [0.15, 0.2) is 53.4 Å². The van der Waals surface area contributed by atoms with Gasteiger partial charge in [-0.05, 0) is 24.6 Å². The zero-order valence-electron chi connectivity index (χ0n) is 14.1. The fourth-order valence-corrected chi connectivity index (χ4v) is 4.06. The SMILES string of the molecule is CCCCN(c1ccccc1)S(=O)(=O)c1cc([N+](=O)[O-])ccc1OC. The lowest BCUT2D eigenvalue weighted by atomic mass is 10.3. The first kappa shape index (κ1) is 18.7. The van der Waals surface area contributed by atoms with Crippen LogP contribution in [0.1, 0.15) is 19.8 Å². The molecule has 0 spiro atoms. The molecule has 2 rings (SSSR count). The predicted octanol–water partition coefficient (Wildman–Crippen LogP) is 3.60. The number of nitrogens with zero attached hydrogens (tertiary/aromatic N) is 2. The molecule has 0 saturated heterocycles. The number of non-ortho nitro benzene ring substituents is 1. The molecule has 0 fully saturated rings. The van der Waals surface area contributed by atoms with E-state index in [1.807, 2.05) is 6.92 Å². The van der Waals surface area contributed by atoms with Crippen molar-refractivity contribution < 1.29 is 18.1 Å². The quantitative estimate of drug-likeness (QED) is 0.527. The molecule has 0 unspecified atom stereocenters. The van der Waals surface area contributed by atoms with Crippen molar-refractivity contribution in [1.82, 2.24) is 0 Å². The Morgan fingerprint density at radius 3 is 2.40 bits per heavy atom. The second-order valence-corrected chi connectivity index (χ2v) is 7.19.